The first kappa shape index (κ1) is 8.91. The molecule has 1 rings (SSSR count). The van der Waals surface area contributed by atoms with Crippen molar-refractivity contribution in [2.45, 2.75) is 13.8 Å². The quantitative estimate of drug-likeness (QED) is 0.626. The lowest BCUT2D eigenvalue weighted by Gasteiger charge is -2.45. The first-order valence-electron chi connectivity index (χ1n) is 3.82. The normalized spacial score (nSPS) is 21.2. The molecule has 0 aromatic heterocycles. The number of thioether (sulfide) groups is 1. The highest BCUT2D eigenvalue weighted by atomic mass is 32.2. The van der Waals surface area contributed by atoms with Crippen LogP contribution >= 0.6 is 11.8 Å². The fourth-order valence-electron chi connectivity index (χ4n) is 1.38. The fourth-order valence-corrected chi connectivity index (χ4v) is 1.81. The van der Waals surface area contributed by atoms with Gasteiger partial charge in [0, 0.05) is 13.1 Å². The van der Waals surface area contributed by atoms with Gasteiger partial charge in [0.25, 0.3) is 0 Å². The summed E-state index contributed by atoms with van der Waals surface area (Å²) < 4.78 is 0. The van der Waals surface area contributed by atoms with Gasteiger partial charge in [-0.25, -0.2) is 0 Å². The molecule has 64 valence electrons. The third-order valence-electron chi connectivity index (χ3n) is 1.86. The van der Waals surface area contributed by atoms with E-state index in [9.17, 15) is 4.79 Å². The Bertz CT molecular complexity index is 159. The Morgan fingerprint density at radius 1 is 1.55 bits per heavy atom. The van der Waals surface area contributed by atoms with Crippen LogP contribution in [-0.4, -0.2) is 35.9 Å². The van der Waals surface area contributed by atoms with Crippen LogP contribution in [0.2, 0.25) is 0 Å². The summed E-state index contributed by atoms with van der Waals surface area (Å²) in [6.45, 7) is 6.25. The summed E-state index contributed by atoms with van der Waals surface area (Å²) in [4.78, 5) is 13.1. The average molecular weight is 173 g/mol. The zero-order valence-electron chi connectivity index (χ0n) is 7.39. The molecule has 0 N–H and O–H groups in total. The summed E-state index contributed by atoms with van der Waals surface area (Å²) in [5.74, 6) is 0.924. The highest BCUT2D eigenvalue weighted by Gasteiger charge is 2.36. The first-order chi connectivity index (χ1) is 5.05. The van der Waals surface area contributed by atoms with E-state index >= 15 is 0 Å². The van der Waals surface area contributed by atoms with Gasteiger partial charge in [-0.1, -0.05) is 13.8 Å². The monoisotopic (exact) mass is 173 g/mol. The van der Waals surface area contributed by atoms with Crippen molar-refractivity contribution < 1.29 is 4.79 Å². The minimum atomic E-state index is 0.289. The lowest BCUT2D eigenvalue weighted by molar-refractivity contribution is -0.138. The van der Waals surface area contributed by atoms with Gasteiger partial charge >= 0.3 is 0 Å². The van der Waals surface area contributed by atoms with Crippen molar-refractivity contribution in [3.8, 4) is 0 Å². The molecule has 0 aliphatic carbocycles. The average Bonchev–Trinajstić information content (AvgIpc) is 1.83. The molecule has 1 heterocycles. The Hall–Kier alpha value is -0.180. The van der Waals surface area contributed by atoms with Gasteiger partial charge < -0.3 is 4.90 Å². The van der Waals surface area contributed by atoms with Crippen molar-refractivity contribution in [1.82, 2.24) is 4.90 Å². The number of rotatable bonds is 2. The number of carbonyl (C=O) groups excluding carboxylic acids is 1. The molecule has 0 saturated carbocycles. The Balaban J connectivity index is 2.27. The molecule has 1 aliphatic heterocycles. The number of nitrogens with zero attached hydrogens (tertiary/aromatic N) is 1. The number of amides is 1. The van der Waals surface area contributed by atoms with Crippen molar-refractivity contribution in [1.29, 1.82) is 0 Å². The third kappa shape index (κ3) is 2.12. The molecule has 11 heavy (non-hydrogen) atoms. The smallest absolute Gasteiger partial charge is 0.232 e. The maximum absolute atomic E-state index is 11.2. The summed E-state index contributed by atoms with van der Waals surface area (Å²) in [6.07, 6.45) is 1.96. The number of likely N-dealkylation sites (tertiary alicyclic amines) is 1. The van der Waals surface area contributed by atoms with E-state index in [0.29, 0.717) is 11.2 Å². The molecule has 2 nitrogen and oxygen atoms in total. The minimum absolute atomic E-state index is 0.289. The highest BCUT2D eigenvalue weighted by Crippen LogP contribution is 2.28. The van der Waals surface area contributed by atoms with Crippen LogP contribution in [0.15, 0.2) is 0 Å². The molecule has 0 unspecified atom stereocenters. The predicted octanol–water partition coefficient (Wildman–Crippen LogP) is 1.22. The largest absolute Gasteiger partial charge is 0.341 e. The molecular formula is C8H15NOS. The van der Waals surface area contributed by atoms with Gasteiger partial charge in [-0.15, -0.1) is 0 Å². The summed E-state index contributed by atoms with van der Waals surface area (Å²) in [6, 6.07) is 0. The lowest BCUT2D eigenvalue weighted by atomic mass is 9.84. The highest BCUT2D eigenvalue weighted by molar-refractivity contribution is 7.99. The molecule has 1 fully saturated rings. The molecular weight excluding hydrogens is 158 g/mol. The summed E-state index contributed by atoms with van der Waals surface area (Å²) in [5.41, 5.74) is 0.369. The zero-order chi connectivity index (χ0) is 8.48. The van der Waals surface area contributed by atoms with E-state index in [0.717, 1.165) is 13.1 Å². The summed E-state index contributed by atoms with van der Waals surface area (Å²) >= 11 is 1.60. The topological polar surface area (TPSA) is 20.3 Å². The number of hydrogen-bond donors (Lipinski definition) is 0. The Labute approximate surface area is 72.3 Å². The van der Waals surface area contributed by atoms with Gasteiger partial charge in [0.05, 0.1) is 5.75 Å². The molecule has 0 aromatic carbocycles. The second-order valence-corrected chi connectivity index (χ2v) is 4.71. The van der Waals surface area contributed by atoms with E-state index < -0.39 is 0 Å². The van der Waals surface area contributed by atoms with Crippen LogP contribution in [0.4, 0.5) is 0 Å². The maximum Gasteiger partial charge on any atom is 0.232 e. The first-order valence-corrected chi connectivity index (χ1v) is 5.21. The molecule has 1 aliphatic rings. The van der Waals surface area contributed by atoms with Crippen LogP contribution in [0, 0.1) is 5.41 Å². The van der Waals surface area contributed by atoms with Gasteiger partial charge in [-0.2, -0.15) is 11.8 Å². The Kier molecular flexibility index (Phi) is 2.47. The van der Waals surface area contributed by atoms with Gasteiger partial charge in [0.15, 0.2) is 0 Å². The summed E-state index contributed by atoms with van der Waals surface area (Å²) in [7, 11) is 0. The second-order valence-electron chi connectivity index (χ2n) is 3.85. The molecule has 0 atom stereocenters. The molecule has 0 spiro atoms. The molecule has 0 bridgehead atoms. The second kappa shape index (κ2) is 3.05. The molecule has 0 aromatic rings. The van der Waals surface area contributed by atoms with E-state index in [2.05, 4.69) is 13.8 Å². The standard InChI is InChI=1S/C8H15NOS/c1-8(2)5-9(6-8)7(10)4-11-3/h4-6H2,1-3H3. The van der Waals surface area contributed by atoms with Gasteiger partial charge in [0.2, 0.25) is 5.91 Å². The predicted molar refractivity (Wildman–Crippen MR) is 48.7 cm³/mol. The van der Waals surface area contributed by atoms with Crippen LogP contribution in [0.3, 0.4) is 0 Å². The van der Waals surface area contributed by atoms with Crippen LogP contribution in [0.5, 0.6) is 0 Å². The van der Waals surface area contributed by atoms with E-state index in [1.807, 2.05) is 11.2 Å². The van der Waals surface area contributed by atoms with Crippen molar-refractivity contribution in [2.24, 2.45) is 5.41 Å². The van der Waals surface area contributed by atoms with Gasteiger partial charge in [-0.3, -0.25) is 4.79 Å². The van der Waals surface area contributed by atoms with Crippen LogP contribution in [0.1, 0.15) is 13.8 Å². The summed E-state index contributed by atoms with van der Waals surface area (Å²) in [5, 5.41) is 0. The number of carbonyl (C=O) groups is 1. The maximum atomic E-state index is 11.2. The van der Waals surface area contributed by atoms with Crippen LogP contribution in [0.25, 0.3) is 0 Å². The van der Waals surface area contributed by atoms with Crippen molar-refractivity contribution in [3.05, 3.63) is 0 Å². The van der Waals surface area contributed by atoms with E-state index in [1.165, 1.54) is 0 Å². The SMILES string of the molecule is CSCC(=O)N1CC(C)(C)C1. The van der Waals surface area contributed by atoms with Crippen molar-refractivity contribution in [3.63, 3.8) is 0 Å². The van der Waals surface area contributed by atoms with E-state index in [-0.39, 0.29) is 5.91 Å². The Morgan fingerprint density at radius 2 is 2.09 bits per heavy atom. The van der Waals surface area contributed by atoms with Gasteiger partial charge in [0.1, 0.15) is 0 Å². The Morgan fingerprint density at radius 3 is 2.45 bits per heavy atom. The van der Waals surface area contributed by atoms with E-state index in [4.69, 9.17) is 0 Å². The molecule has 1 saturated heterocycles. The van der Waals surface area contributed by atoms with Crippen LogP contribution < -0.4 is 0 Å². The third-order valence-corrected chi connectivity index (χ3v) is 2.39. The van der Waals surface area contributed by atoms with Crippen LogP contribution in [-0.2, 0) is 4.79 Å². The van der Waals surface area contributed by atoms with Crippen molar-refractivity contribution >= 4 is 17.7 Å². The molecule has 0 radical (unpaired) electrons. The van der Waals surface area contributed by atoms with Gasteiger partial charge in [-0.05, 0) is 11.7 Å². The molecule has 3 heteroatoms. The minimum Gasteiger partial charge on any atom is -0.341 e. The fraction of sp³-hybridized carbons (Fsp3) is 0.875. The van der Waals surface area contributed by atoms with Crippen molar-refractivity contribution in [2.75, 3.05) is 25.1 Å². The lowest BCUT2D eigenvalue weighted by Crippen LogP contribution is -2.55. The van der Waals surface area contributed by atoms with E-state index in [1.54, 1.807) is 11.8 Å². The zero-order valence-corrected chi connectivity index (χ0v) is 8.20. The number of hydrogen-bond acceptors (Lipinski definition) is 2. The molecule has 1 amide bonds.